The van der Waals surface area contributed by atoms with E-state index in [0.717, 1.165) is 6.07 Å². The van der Waals surface area contributed by atoms with Crippen molar-refractivity contribution < 1.29 is 18.8 Å². The van der Waals surface area contributed by atoms with Gasteiger partial charge in [-0.15, -0.1) is 0 Å². The van der Waals surface area contributed by atoms with Crippen LogP contribution in [0.4, 0.5) is 10.1 Å². The molecular formula is C13H9FN2O4. The maximum absolute atomic E-state index is 13.8. The van der Waals surface area contributed by atoms with Gasteiger partial charge in [0.15, 0.2) is 17.9 Å². The highest BCUT2D eigenvalue weighted by Crippen LogP contribution is 2.30. The number of aldehydes is 1. The van der Waals surface area contributed by atoms with E-state index in [2.05, 4.69) is 4.98 Å². The van der Waals surface area contributed by atoms with Gasteiger partial charge in [-0.3, -0.25) is 14.9 Å². The number of nitro groups is 1. The third-order valence-corrected chi connectivity index (χ3v) is 2.58. The van der Waals surface area contributed by atoms with Gasteiger partial charge in [0.2, 0.25) is 5.88 Å². The van der Waals surface area contributed by atoms with Crippen LogP contribution in [-0.4, -0.2) is 16.2 Å². The Morgan fingerprint density at radius 2 is 2.20 bits per heavy atom. The van der Waals surface area contributed by atoms with Crippen molar-refractivity contribution in [2.45, 2.75) is 6.92 Å². The van der Waals surface area contributed by atoms with Crippen LogP contribution in [0.15, 0.2) is 30.5 Å². The number of benzene rings is 1. The second-order valence-corrected chi connectivity index (χ2v) is 3.94. The SMILES string of the molecule is Cc1cc(Oc2ncccc2C=O)c(F)cc1[N+](=O)[O-]. The lowest BCUT2D eigenvalue weighted by atomic mass is 10.2. The Kier molecular flexibility index (Phi) is 3.69. The first kappa shape index (κ1) is 13.6. The number of carbonyl (C=O) groups excluding carboxylic acids is 1. The second-order valence-electron chi connectivity index (χ2n) is 3.94. The third kappa shape index (κ3) is 2.61. The van der Waals surface area contributed by atoms with E-state index in [4.69, 9.17) is 4.74 Å². The highest BCUT2D eigenvalue weighted by atomic mass is 19.1. The van der Waals surface area contributed by atoms with Gasteiger partial charge < -0.3 is 4.74 Å². The minimum atomic E-state index is -0.898. The first-order valence-electron chi connectivity index (χ1n) is 5.55. The number of halogens is 1. The van der Waals surface area contributed by atoms with Crippen molar-refractivity contribution in [2.24, 2.45) is 0 Å². The molecule has 0 bridgehead atoms. The van der Waals surface area contributed by atoms with Gasteiger partial charge in [-0.25, -0.2) is 9.37 Å². The van der Waals surface area contributed by atoms with Crippen LogP contribution < -0.4 is 4.74 Å². The highest BCUT2D eigenvalue weighted by molar-refractivity contribution is 5.78. The summed E-state index contributed by atoms with van der Waals surface area (Å²) >= 11 is 0. The molecule has 6 nitrogen and oxygen atoms in total. The Hall–Kier alpha value is -2.83. The molecule has 1 aromatic carbocycles. The maximum atomic E-state index is 13.8. The van der Waals surface area contributed by atoms with Crippen LogP contribution in [0, 0.1) is 22.9 Å². The van der Waals surface area contributed by atoms with Gasteiger partial charge in [0, 0.05) is 11.8 Å². The van der Waals surface area contributed by atoms with Gasteiger partial charge in [0.1, 0.15) is 0 Å². The molecule has 0 N–H and O–H groups in total. The maximum Gasteiger partial charge on any atom is 0.275 e. The lowest BCUT2D eigenvalue weighted by Crippen LogP contribution is -1.98. The molecule has 2 aromatic rings. The second kappa shape index (κ2) is 5.43. The average molecular weight is 276 g/mol. The molecule has 0 aliphatic heterocycles. The number of pyridine rings is 1. The van der Waals surface area contributed by atoms with E-state index in [1.165, 1.54) is 31.3 Å². The summed E-state index contributed by atoms with van der Waals surface area (Å²) in [4.78, 5) is 24.6. The lowest BCUT2D eigenvalue weighted by molar-refractivity contribution is -0.385. The molecule has 0 saturated heterocycles. The van der Waals surface area contributed by atoms with E-state index < -0.39 is 10.7 Å². The molecular weight excluding hydrogens is 267 g/mol. The number of rotatable bonds is 4. The van der Waals surface area contributed by atoms with Crippen molar-refractivity contribution in [3.63, 3.8) is 0 Å². The minimum absolute atomic E-state index is 0.0605. The van der Waals surface area contributed by atoms with Crippen molar-refractivity contribution in [2.75, 3.05) is 0 Å². The molecule has 0 radical (unpaired) electrons. The Morgan fingerprint density at radius 1 is 1.45 bits per heavy atom. The summed E-state index contributed by atoms with van der Waals surface area (Å²) in [6, 6.07) is 4.96. The van der Waals surface area contributed by atoms with Crippen molar-refractivity contribution >= 4 is 12.0 Å². The molecule has 0 unspecified atom stereocenters. The van der Waals surface area contributed by atoms with Gasteiger partial charge >= 0.3 is 0 Å². The van der Waals surface area contributed by atoms with Gasteiger partial charge in [0.05, 0.1) is 16.6 Å². The fourth-order valence-electron chi connectivity index (χ4n) is 1.60. The lowest BCUT2D eigenvalue weighted by Gasteiger charge is -2.08. The van der Waals surface area contributed by atoms with Crippen molar-refractivity contribution in [1.29, 1.82) is 0 Å². The van der Waals surface area contributed by atoms with Gasteiger partial charge in [0.25, 0.3) is 5.69 Å². The van der Waals surface area contributed by atoms with Gasteiger partial charge in [-0.1, -0.05) is 0 Å². The summed E-state index contributed by atoms with van der Waals surface area (Å²) in [5, 5.41) is 10.7. The van der Waals surface area contributed by atoms with Crippen LogP contribution >= 0.6 is 0 Å². The third-order valence-electron chi connectivity index (χ3n) is 2.58. The number of aromatic nitrogens is 1. The summed E-state index contributed by atoms with van der Waals surface area (Å²) in [5.74, 6) is -1.19. The number of ether oxygens (including phenoxy) is 1. The van der Waals surface area contributed by atoms with Gasteiger partial charge in [-0.2, -0.15) is 0 Å². The zero-order chi connectivity index (χ0) is 14.7. The quantitative estimate of drug-likeness (QED) is 0.487. The van der Waals surface area contributed by atoms with Crippen molar-refractivity contribution in [1.82, 2.24) is 4.98 Å². The number of hydrogen-bond acceptors (Lipinski definition) is 5. The largest absolute Gasteiger partial charge is 0.435 e. The standard InChI is InChI=1S/C13H9FN2O4/c1-8-5-12(10(14)6-11(8)16(18)19)20-13-9(7-17)3-2-4-15-13/h2-7H,1H3. The Balaban J connectivity index is 2.42. The molecule has 0 saturated carbocycles. The summed E-state index contributed by atoms with van der Waals surface area (Å²) in [7, 11) is 0. The normalized spacial score (nSPS) is 10.1. The number of nitro benzene ring substituents is 1. The van der Waals surface area contributed by atoms with Crippen LogP contribution in [-0.2, 0) is 0 Å². The van der Waals surface area contributed by atoms with E-state index in [9.17, 15) is 19.3 Å². The van der Waals surface area contributed by atoms with E-state index >= 15 is 0 Å². The predicted molar refractivity (Wildman–Crippen MR) is 67.5 cm³/mol. The Labute approximate surface area is 113 Å². The van der Waals surface area contributed by atoms with Crippen LogP contribution in [0.1, 0.15) is 15.9 Å². The molecule has 102 valence electrons. The van der Waals surface area contributed by atoms with Crippen LogP contribution in [0.5, 0.6) is 11.6 Å². The number of nitrogens with zero attached hydrogens (tertiary/aromatic N) is 2. The number of carbonyl (C=O) groups is 1. The minimum Gasteiger partial charge on any atom is -0.435 e. The Bertz CT molecular complexity index is 688. The molecule has 1 aromatic heterocycles. The first-order valence-corrected chi connectivity index (χ1v) is 5.55. The van der Waals surface area contributed by atoms with Crippen LogP contribution in [0.3, 0.4) is 0 Å². The number of aryl methyl sites for hydroxylation is 1. The fourth-order valence-corrected chi connectivity index (χ4v) is 1.60. The summed E-state index contributed by atoms with van der Waals surface area (Å²) in [6.07, 6.45) is 1.91. The monoisotopic (exact) mass is 276 g/mol. The molecule has 2 rings (SSSR count). The highest BCUT2D eigenvalue weighted by Gasteiger charge is 2.17. The molecule has 0 spiro atoms. The zero-order valence-electron chi connectivity index (χ0n) is 10.4. The average Bonchev–Trinajstić information content (AvgIpc) is 2.42. The van der Waals surface area contributed by atoms with Crippen LogP contribution in [0.2, 0.25) is 0 Å². The molecule has 1 heterocycles. The first-order chi connectivity index (χ1) is 9.52. The molecule has 0 amide bonds. The van der Waals surface area contributed by atoms with E-state index in [1.807, 2.05) is 0 Å². The van der Waals surface area contributed by atoms with E-state index in [0.29, 0.717) is 6.29 Å². The Morgan fingerprint density at radius 3 is 2.85 bits per heavy atom. The molecule has 20 heavy (non-hydrogen) atoms. The van der Waals surface area contributed by atoms with Crippen LogP contribution in [0.25, 0.3) is 0 Å². The zero-order valence-corrected chi connectivity index (χ0v) is 10.4. The molecule has 7 heteroatoms. The molecule has 0 aliphatic carbocycles. The molecule has 0 fully saturated rings. The smallest absolute Gasteiger partial charge is 0.275 e. The summed E-state index contributed by atoms with van der Waals surface area (Å²) in [6.45, 7) is 1.46. The summed E-state index contributed by atoms with van der Waals surface area (Å²) in [5.41, 5.74) is 0.0596. The van der Waals surface area contributed by atoms with Gasteiger partial charge in [-0.05, 0) is 25.1 Å². The van der Waals surface area contributed by atoms with Crippen molar-refractivity contribution in [3.05, 3.63) is 57.5 Å². The molecule has 0 atom stereocenters. The topological polar surface area (TPSA) is 82.3 Å². The fraction of sp³-hybridized carbons (Fsp3) is 0.0769. The van der Waals surface area contributed by atoms with Crippen molar-refractivity contribution in [3.8, 4) is 11.6 Å². The predicted octanol–water partition coefficient (Wildman–Crippen LogP) is 3.04. The van der Waals surface area contributed by atoms with E-state index in [-0.39, 0.29) is 28.4 Å². The number of hydrogen-bond donors (Lipinski definition) is 0. The van der Waals surface area contributed by atoms with E-state index in [1.54, 1.807) is 0 Å². The summed E-state index contributed by atoms with van der Waals surface area (Å²) < 4.78 is 19.0. The molecule has 0 aliphatic rings.